The lowest BCUT2D eigenvalue weighted by atomic mass is 9.83. The molecule has 5 aromatic carbocycles. The number of hydrogen-bond donors (Lipinski definition) is 0. The predicted octanol–water partition coefficient (Wildman–Crippen LogP) is 11.5. The van der Waals surface area contributed by atoms with Gasteiger partial charge in [0.05, 0.1) is 12.2 Å². The van der Waals surface area contributed by atoms with Crippen LogP contribution in [-0.2, 0) is 9.53 Å². The van der Waals surface area contributed by atoms with Gasteiger partial charge >= 0.3 is 5.97 Å². The summed E-state index contributed by atoms with van der Waals surface area (Å²) in [7, 11) is 0. The van der Waals surface area contributed by atoms with Crippen molar-refractivity contribution in [3.63, 3.8) is 0 Å². The van der Waals surface area contributed by atoms with Gasteiger partial charge in [0.25, 0.3) is 0 Å². The van der Waals surface area contributed by atoms with Crippen LogP contribution in [0.25, 0.3) is 0 Å². The van der Waals surface area contributed by atoms with Gasteiger partial charge in [0.2, 0.25) is 0 Å². The van der Waals surface area contributed by atoms with E-state index in [9.17, 15) is 4.79 Å². The van der Waals surface area contributed by atoms with Crippen molar-refractivity contribution in [2.24, 2.45) is 0 Å². The molecule has 0 fully saturated rings. The van der Waals surface area contributed by atoms with E-state index < -0.39 is 0 Å². The molecule has 5 aromatic rings. The summed E-state index contributed by atoms with van der Waals surface area (Å²) in [6.07, 6.45) is 9.99. The van der Waals surface area contributed by atoms with E-state index in [-0.39, 0.29) is 17.8 Å². The van der Waals surface area contributed by atoms with E-state index >= 15 is 0 Å². The standard InChI is InChI=1S/C48H51NO2/c1-35-18-8-12-24-40(35)45(41-25-13-9-19-36(41)2)28-16-31-49-32-30-44(39-22-6-5-7-23-39)47(34-49)48(50)51-33-17-29-46(42-26-14-10-20-37(42)3)43-27-15-11-21-38(43)4/h5-15,18-27,30,32,34,44-46H,16-17,28-29,31,33H2,1-4H3. The van der Waals surface area contributed by atoms with Crippen molar-refractivity contribution >= 4 is 5.97 Å². The second-order valence-electron chi connectivity index (χ2n) is 14.0. The van der Waals surface area contributed by atoms with Crippen LogP contribution < -0.4 is 0 Å². The molecule has 1 heterocycles. The third-order valence-electron chi connectivity index (χ3n) is 10.5. The van der Waals surface area contributed by atoms with Gasteiger partial charge in [0.15, 0.2) is 0 Å². The molecule has 0 aromatic heterocycles. The van der Waals surface area contributed by atoms with Crippen LogP contribution in [0.5, 0.6) is 0 Å². The number of nitrogens with zero attached hydrogens (tertiary/aromatic N) is 1. The first-order valence-electron chi connectivity index (χ1n) is 18.5. The largest absolute Gasteiger partial charge is 0.462 e. The van der Waals surface area contributed by atoms with Gasteiger partial charge in [-0.05, 0) is 103 Å². The normalized spacial score (nSPS) is 14.2. The SMILES string of the molecule is Cc1ccccc1C(CCCOC(=O)C1=CN(CCCC(c2ccccc2C)c2ccccc2C)C=CC1c1ccccc1)c1ccccc1C. The van der Waals surface area contributed by atoms with Crippen molar-refractivity contribution in [3.8, 4) is 0 Å². The third kappa shape index (κ3) is 8.78. The molecule has 1 unspecified atom stereocenters. The van der Waals surface area contributed by atoms with Gasteiger partial charge in [-0.1, -0.05) is 133 Å². The maximum Gasteiger partial charge on any atom is 0.336 e. The Balaban J connectivity index is 1.15. The highest BCUT2D eigenvalue weighted by atomic mass is 16.5. The van der Waals surface area contributed by atoms with Crippen LogP contribution in [0, 0.1) is 27.7 Å². The number of allylic oxidation sites excluding steroid dienone is 1. The highest BCUT2D eigenvalue weighted by Gasteiger charge is 2.27. The van der Waals surface area contributed by atoms with Crippen LogP contribution in [0.4, 0.5) is 0 Å². The fourth-order valence-electron chi connectivity index (χ4n) is 7.75. The van der Waals surface area contributed by atoms with E-state index in [4.69, 9.17) is 4.74 Å². The Kier molecular flexibility index (Phi) is 12.0. The van der Waals surface area contributed by atoms with Crippen LogP contribution in [0.3, 0.4) is 0 Å². The van der Waals surface area contributed by atoms with Crippen molar-refractivity contribution < 1.29 is 9.53 Å². The number of carbonyl (C=O) groups excluding carboxylic acids is 1. The summed E-state index contributed by atoms with van der Waals surface area (Å²) in [5.74, 6) is 0.182. The number of esters is 1. The summed E-state index contributed by atoms with van der Waals surface area (Å²) in [6, 6.07) is 45.1. The molecule has 3 heteroatoms. The quantitative estimate of drug-likeness (QED) is 0.0868. The minimum absolute atomic E-state index is 0.145. The van der Waals surface area contributed by atoms with Crippen molar-refractivity contribution in [1.82, 2.24) is 4.90 Å². The molecule has 0 amide bonds. The Morgan fingerprint density at radius 3 is 1.49 bits per heavy atom. The average molecular weight is 674 g/mol. The summed E-state index contributed by atoms with van der Waals surface area (Å²) >= 11 is 0. The molecule has 260 valence electrons. The Morgan fingerprint density at radius 1 is 0.588 bits per heavy atom. The van der Waals surface area contributed by atoms with Gasteiger partial charge in [-0.25, -0.2) is 4.79 Å². The van der Waals surface area contributed by atoms with Gasteiger partial charge in [0, 0.05) is 36.7 Å². The Bertz CT molecular complexity index is 1880. The highest BCUT2D eigenvalue weighted by molar-refractivity contribution is 5.91. The first-order chi connectivity index (χ1) is 24.9. The molecule has 1 aliphatic rings. The number of aryl methyl sites for hydroxylation is 4. The van der Waals surface area contributed by atoms with E-state index in [1.807, 2.05) is 24.4 Å². The number of ether oxygens (including phenoxy) is 1. The molecule has 0 aliphatic carbocycles. The fraction of sp³-hybridized carbons (Fsp3) is 0.271. The maximum absolute atomic E-state index is 13.9. The van der Waals surface area contributed by atoms with Gasteiger partial charge in [-0.3, -0.25) is 0 Å². The minimum Gasteiger partial charge on any atom is -0.462 e. The van der Waals surface area contributed by atoms with Crippen molar-refractivity contribution in [2.45, 2.75) is 71.1 Å². The van der Waals surface area contributed by atoms with Gasteiger partial charge in [-0.2, -0.15) is 0 Å². The lowest BCUT2D eigenvalue weighted by molar-refractivity contribution is -0.139. The summed E-state index contributed by atoms with van der Waals surface area (Å²) in [5, 5.41) is 0. The summed E-state index contributed by atoms with van der Waals surface area (Å²) in [6.45, 7) is 9.99. The van der Waals surface area contributed by atoms with Crippen LogP contribution in [0.15, 0.2) is 151 Å². The van der Waals surface area contributed by atoms with Gasteiger partial charge in [-0.15, -0.1) is 0 Å². The van der Waals surface area contributed by atoms with Crippen molar-refractivity contribution in [3.05, 3.63) is 202 Å². The molecular formula is C48H51NO2. The first-order valence-corrected chi connectivity index (χ1v) is 18.5. The molecule has 0 radical (unpaired) electrons. The van der Waals surface area contributed by atoms with Crippen molar-refractivity contribution in [2.75, 3.05) is 13.2 Å². The second-order valence-corrected chi connectivity index (χ2v) is 14.0. The third-order valence-corrected chi connectivity index (χ3v) is 10.5. The second kappa shape index (κ2) is 17.2. The van der Waals surface area contributed by atoms with Crippen LogP contribution in [0.1, 0.15) is 93.5 Å². The van der Waals surface area contributed by atoms with E-state index in [1.54, 1.807) is 0 Å². The molecule has 3 nitrogen and oxygen atoms in total. The van der Waals surface area contributed by atoms with E-state index in [0.717, 1.165) is 37.8 Å². The van der Waals surface area contributed by atoms with E-state index in [2.05, 4.69) is 154 Å². The zero-order chi connectivity index (χ0) is 35.6. The smallest absolute Gasteiger partial charge is 0.336 e. The summed E-state index contributed by atoms with van der Waals surface area (Å²) < 4.78 is 6.08. The zero-order valence-electron chi connectivity index (χ0n) is 30.6. The number of hydrogen-bond acceptors (Lipinski definition) is 3. The van der Waals surface area contributed by atoms with Gasteiger partial charge < -0.3 is 9.64 Å². The fourth-order valence-corrected chi connectivity index (χ4v) is 7.75. The van der Waals surface area contributed by atoms with Crippen molar-refractivity contribution in [1.29, 1.82) is 0 Å². The van der Waals surface area contributed by atoms with E-state index in [0.29, 0.717) is 18.1 Å². The zero-order valence-corrected chi connectivity index (χ0v) is 30.6. The molecule has 0 N–H and O–H groups in total. The number of carbonyl (C=O) groups is 1. The van der Waals surface area contributed by atoms with Gasteiger partial charge in [0.1, 0.15) is 0 Å². The van der Waals surface area contributed by atoms with Crippen LogP contribution in [-0.4, -0.2) is 24.0 Å². The predicted molar refractivity (Wildman–Crippen MR) is 211 cm³/mol. The molecule has 6 rings (SSSR count). The molecule has 0 saturated heterocycles. The number of rotatable bonds is 14. The maximum atomic E-state index is 13.9. The summed E-state index contributed by atoms with van der Waals surface area (Å²) in [5.41, 5.74) is 12.5. The van der Waals surface area contributed by atoms with Crippen LogP contribution >= 0.6 is 0 Å². The molecule has 1 atom stereocenters. The molecule has 0 saturated carbocycles. The Hall–Kier alpha value is -5.15. The molecule has 0 bridgehead atoms. The topological polar surface area (TPSA) is 29.5 Å². The average Bonchev–Trinajstić information content (AvgIpc) is 3.15. The molecule has 0 spiro atoms. The lowest BCUT2D eigenvalue weighted by Gasteiger charge is -2.28. The lowest BCUT2D eigenvalue weighted by Crippen LogP contribution is -2.24. The first kappa shape index (κ1) is 35.7. The van der Waals surface area contributed by atoms with Crippen LogP contribution in [0.2, 0.25) is 0 Å². The molecule has 51 heavy (non-hydrogen) atoms. The monoisotopic (exact) mass is 673 g/mol. The Labute approximate surface area is 305 Å². The molecular weight excluding hydrogens is 623 g/mol. The number of benzene rings is 5. The highest BCUT2D eigenvalue weighted by Crippen LogP contribution is 2.36. The summed E-state index contributed by atoms with van der Waals surface area (Å²) in [4.78, 5) is 16.1. The molecule has 1 aliphatic heterocycles. The Morgan fingerprint density at radius 2 is 1.02 bits per heavy atom. The van der Waals surface area contributed by atoms with E-state index in [1.165, 1.54) is 44.5 Å². The minimum atomic E-state index is -0.237.